The Morgan fingerprint density at radius 3 is 2.48 bits per heavy atom. The van der Waals surface area contributed by atoms with Gasteiger partial charge in [-0.1, -0.05) is 25.1 Å². The van der Waals surface area contributed by atoms with E-state index in [1.54, 1.807) is 29.7 Å². The van der Waals surface area contributed by atoms with Crippen LogP contribution in [0.1, 0.15) is 18.2 Å². The van der Waals surface area contributed by atoms with Crippen molar-refractivity contribution in [3.8, 4) is 11.3 Å². The summed E-state index contributed by atoms with van der Waals surface area (Å²) in [4.78, 5) is 20.8. The summed E-state index contributed by atoms with van der Waals surface area (Å²) in [6.07, 6.45) is 3.55. The molecule has 2 heterocycles. The van der Waals surface area contributed by atoms with Crippen LogP contribution in [0.3, 0.4) is 0 Å². The van der Waals surface area contributed by atoms with Gasteiger partial charge in [0.05, 0.1) is 16.3 Å². The average Bonchev–Trinajstić information content (AvgIpc) is 3.21. The molecule has 0 aliphatic rings. The number of non-ortho nitro benzene ring substituents is 1. The standard InChI is InChI=1S/C24H22N4O2S/c1-2-18-6-10-21(11-7-18)26-24-27(16-14-20-5-3-4-15-25-20)23(17-31-24)19-8-12-22(13-9-19)28(29)30/h3-13,15,17H,2,14,16H2,1H3. The molecule has 0 fully saturated rings. The molecule has 0 amide bonds. The maximum absolute atomic E-state index is 11.0. The van der Waals surface area contributed by atoms with E-state index in [2.05, 4.69) is 34.0 Å². The highest BCUT2D eigenvalue weighted by Crippen LogP contribution is 2.24. The van der Waals surface area contributed by atoms with Crippen LogP contribution in [0.2, 0.25) is 0 Å². The number of hydrogen-bond donors (Lipinski definition) is 0. The zero-order valence-corrected chi connectivity index (χ0v) is 18.0. The first-order valence-electron chi connectivity index (χ1n) is 10.1. The Bertz CT molecular complexity index is 1230. The predicted molar refractivity (Wildman–Crippen MR) is 123 cm³/mol. The third kappa shape index (κ3) is 4.95. The fourth-order valence-corrected chi connectivity index (χ4v) is 4.26. The molecular weight excluding hydrogens is 408 g/mol. The van der Waals surface area contributed by atoms with Crippen LogP contribution < -0.4 is 4.80 Å². The number of benzene rings is 2. The first-order valence-corrected chi connectivity index (χ1v) is 11.0. The Morgan fingerprint density at radius 2 is 1.84 bits per heavy atom. The molecule has 0 atom stereocenters. The Balaban J connectivity index is 1.73. The zero-order chi connectivity index (χ0) is 21.6. The van der Waals surface area contributed by atoms with Crippen LogP contribution in [0.5, 0.6) is 0 Å². The van der Waals surface area contributed by atoms with Crippen molar-refractivity contribution in [3.05, 3.63) is 104 Å². The molecule has 0 saturated heterocycles. The molecule has 4 aromatic rings. The van der Waals surface area contributed by atoms with Crippen molar-refractivity contribution in [3.63, 3.8) is 0 Å². The van der Waals surface area contributed by atoms with Crippen molar-refractivity contribution < 1.29 is 4.92 Å². The Kier molecular flexibility index (Phi) is 6.33. The normalized spacial score (nSPS) is 11.6. The van der Waals surface area contributed by atoms with Crippen molar-refractivity contribution in [1.82, 2.24) is 9.55 Å². The monoisotopic (exact) mass is 430 g/mol. The fourth-order valence-electron chi connectivity index (χ4n) is 3.31. The van der Waals surface area contributed by atoms with Gasteiger partial charge in [0.15, 0.2) is 4.80 Å². The quantitative estimate of drug-likeness (QED) is 0.285. The summed E-state index contributed by atoms with van der Waals surface area (Å²) in [5, 5.41) is 13.1. The lowest BCUT2D eigenvalue weighted by Crippen LogP contribution is -2.17. The summed E-state index contributed by atoms with van der Waals surface area (Å²) in [7, 11) is 0. The number of aromatic nitrogens is 2. The highest BCUT2D eigenvalue weighted by molar-refractivity contribution is 7.07. The molecule has 4 rings (SSSR count). The molecule has 7 heteroatoms. The van der Waals surface area contributed by atoms with Gasteiger partial charge in [-0.05, 0) is 53.9 Å². The van der Waals surface area contributed by atoms with Crippen molar-refractivity contribution in [1.29, 1.82) is 0 Å². The molecule has 0 saturated carbocycles. The molecule has 0 aliphatic heterocycles. The molecule has 0 unspecified atom stereocenters. The van der Waals surface area contributed by atoms with Gasteiger partial charge in [-0.25, -0.2) is 4.99 Å². The molecule has 0 N–H and O–H groups in total. The zero-order valence-electron chi connectivity index (χ0n) is 17.1. The first-order chi connectivity index (χ1) is 15.1. The number of rotatable bonds is 7. The first kappa shape index (κ1) is 20.7. The minimum atomic E-state index is -0.382. The van der Waals surface area contributed by atoms with Gasteiger partial charge in [-0.3, -0.25) is 15.1 Å². The van der Waals surface area contributed by atoms with E-state index in [0.29, 0.717) is 6.54 Å². The molecule has 6 nitrogen and oxygen atoms in total. The molecular formula is C24H22N4O2S. The lowest BCUT2D eigenvalue weighted by molar-refractivity contribution is -0.384. The van der Waals surface area contributed by atoms with Gasteiger partial charge in [-0.2, -0.15) is 0 Å². The third-order valence-corrected chi connectivity index (χ3v) is 5.92. The number of hydrogen-bond acceptors (Lipinski definition) is 5. The summed E-state index contributed by atoms with van der Waals surface area (Å²) < 4.78 is 2.16. The molecule has 31 heavy (non-hydrogen) atoms. The van der Waals surface area contributed by atoms with Crippen LogP contribution >= 0.6 is 11.3 Å². The van der Waals surface area contributed by atoms with Crippen molar-refractivity contribution in [2.24, 2.45) is 4.99 Å². The van der Waals surface area contributed by atoms with Gasteiger partial charge < -0.3 is 4.57 Å². The van der Waals surface area contributed by atoms with E-state index < -0.39 is 0 Å². The second-order valence-electron chi connectivity index (χ2n) is 7.06. The lowest BCUT2D eigenvalue weighted by Gasteiger charge is -2.09. The highest BCUT2D eigenvalue weighted by Gasteiger charge is 2.11. The third-order valence-electron chi connectivity index (χ3n) is 5.06. The van der Waals surface area contributed by atoms with E-state index >= 15 is 0 Å². The average molecular weight is 431 g/mol. The van der Waals surface area contributed by atoms with Crippen LogP contribution in [0.4, 0.5) is 11.4 Å². The van der Waals surface area contributed by atoms with Gasteiger partial charge in [0, 0.05) is 42.4 Å². The van der Waals surface area contributed by atoms with E-state index in [-0.39, 0.29) is 10.6 Å². The van der Waals surface area contributed by atoms with E-state index in [9.17, 15) is 10.1 Å². The smallest absolute Gasteiger partial charge is 0.269 e. The number of aryl methyl sites for hydroxylation is 2. The number of nitro groups is 1. The van der Waals surface area contributed by atoms with Crippen LogP contribution in [-0.4, -0.2) is 14.5 Å². The Hall–Kier alpha value is -3.58. The van der Waals surface area contributed by atoms with Gasteiger partial charge in [0.25, 0.3) is 5.69 Å². The highest BCUT2D eigenvalue weighted by atomic mass is 32.1. The predicted octanol–water partition coefficient (Wildman–Crippen LogP) is 5.56. The SMILES string of the molecule is CCc1ccc(N=c2scc(-c3ccc([N+](=O)[O-])cc3)n2CCc2ccccn2)cc1. The number of nitro benzene ring substituents is 1. The summed E-state index contributed by atoms with van der Waals surface area (Å²) in [6, 6.07) is 20.8. The molecule has 0 aliphatic carbocycles. The number of nitrogens with zero attached hydrogens (tertiary/aromatic N) is 4. The minimum Gasteiger partial charge on any atom is -0.316 e. The van der Waals surface area contributed by atoms with Crippen LogP contribution in [0, 0.1) is 10.1 Å². The number of thiazole rings is 1. The maximum atomic E-state index is 11.0. The topological polar surface area (TPSA) is 73.3 Å². The molecule has 0 bridgehead atoms. The fraction of sp³-hybridized carbons (Fsp3) is 0.167. The van der Waals surface area contributed by atoms with Gasteiger partial charge in [-0.15, -0.1) is 11.3 Å². The van der Waals surface area contributed by atoms with Crippen molar-refractivity contribution in [2.75, 3.05) is 0 Å². The van der Waals surface area contributed by atoms with E-state index in [0.717, 1.165) is 40.3 Å². The van der Waals surface area contributed by atoms with E-state index in [1.165, 1.54) is 17.7 Å². The maximum Gasteiger partial charge on any atom is 0.269 e. The lowest BCUT2D eigenvalue weighted by atomic mass is 10.1. The molecule has 2 aromatic heterocycles. The van der Waals surface area contributed by atoms with Crippen LogP contribution in [-0.2, 0) is 19.4 Å². The van der Waals surface area contributed by atoms with E-state index in [4.69, 9.17) is 4.99 Å². The molecule has 2 aromatic carbocycles. The van der Waals surface area contributed by atoms with Gasteiger partial charge in [0.2, 0.25) is 0 Å². The van der Waals surface area contributed by atoms with Gasteiger partial charge >= 0.3 is 0 Å². The van der Waals surface area contributed by atoms with Gasteiger partial charge in [0.1, 0.15) is 0 Å². The van der Waals surface area contributed by atoms with Crippen molar-refractivity contribution >= 4 is 22.7 Å². The molecule has 0 radical (unpaired) electrons. The summed E-state index contributed by atoms with van der Waals surface area (Å²) in [5.41, 5.74) is 5.18. The Morgan fingerprint density at radius 1 is 1.06 bits per heavy atom. The van der Waals surface area contributed by atoms with Crippen LogP contribution in [0.25, 0.3) is 11.3 Å². The van der Waals surface area contributed by atoms with Crippen molar-refractivity contribution in [2.45, 2.75) is 26.3 Å². The number of pyridine rings is 1. The largest absolute Gasteiger partial charge is 0.316 e. The summed E-state index contributed by atoms with van der Waals surface area (Å²) >= 11 is 1.56. The molecule has 0 spiro atoms. The summed E-state index contributed by atoms with van der Waals surface area (Å²) in [5.74, 6) is 0. The molecule has 156 valence electrons. The summed E-state index contributed by atoms with van der Waals surface area (Å²) in [6.45, 7) is 2.84. The minimum absolute atomic E-state index is 0.0833. The van der Waals surface area contributed by atoms with Crippen LogP contribution in [0.15, 0.2) is 83.3 Å². The second-order valence-corrected chi connectivity index (χ2v) is 7.90. The Labute approximate surface area is 184 Å². The second kappa shape index (κ2) is 9.49. The van der Waals surface area contributed by atoms with E-state index in [1.807, 2.05) is 30.3 Å².